The van der Waals surface area contributed by atoms with Gasteiger partial charge in [0.05, 0.1) is 13.2 Å². The van der Waals surface area contributed by atoms with Crippen molar-refractivity contribution in [1.29, 1.82) is 0 Å². The molecule has 0 aromatic carbocycles. The van der Waals surface area contributed by atoms with Crippen LogP contribution in [0.3, 0.4) is 0 Å². The van der Waals surface area contributed by atoms with Gasteiger partial charge in [-0.05, 0) is 32.0 Å². The van der Waals surface area contributed by atoms with Gasteiger partial charge in [0.15, 0.2) is 8.32 Å². The second kappa shape index (κ2) is 6.93. The molecule has 0 aliphatic heterocycles. The van der Waals surface area contributed by atoms with E-state index in [0.29, 0.717) is 18.8 Å². The summed E-state index contributed by atoms with van der Waals surface area (Å²) in [5.74, 6) is 0. The van der Waals surface area contributed by atoms with Crippen molar-refractivity contribution in [3.8, 4) is 0 Å². The average Bonchev–Trinajstić information content (AvgIpc) is 2.37. The molecule has 6 nitrogen and oxygen atoms in total. The molecule has 0 amide bonds. The lowest BCUT2D eigenvalue weighted by molar-refractivity contribution is -0.00382. The largest absolute Gasteiger partial charge is 0.414 e. The first-order valence-electron chi connectivity index (χ1n) is 7.53. The van der Waals surface area contributed by atoms with Gasteiger partial charge in [0.25, 0.3) is 5.56 Å². The molecule has 0 spiro atoms. The summed E-state index contributed by atoms with van der Waals surface area (Å²) in [6, 6.07) is 0. The summed E-state index contributed by atoms with van der Waals surface area (Å²) in [5, 5.41) is 0.158. The Morgan fingerprint density at radius 1 is 1.27 bits per heavy atom. The van der Waals surface area contributed by atoms with Gasteiger partial charge in [0.1, 0.15) is 6.23 Å². The van der Waals surface area contributed by atoms with E-state index in [1.165, 1.54) is 10.8 Å². The second-order valence-electron chi connectivity index (χ2n) is 7.06. The Morgan fingerprint density at radius 2 is 1.86 bits per heavy atom. The molecule has 7 heteroatoms. The second-order valence-corrected chi connectivity index (χ2v) is 11.9. The monoisotopic (exact) mass is 328 g/mol. The summed E-state index contributed by atoms with van der Waals surface area (Å²) in [6.07, 6.45) is 1.06. The zero-order valence-corrected chi connectivity index (χ0v) is 15.6. The summed E-state index contributed by atoms with van der Waals surface area (Å²) in [5.41, 5.74) is -0.351. The molecule has 0 fully saturated rings. The fraction of sp³-hybridized carbons (Fsp3) is 0.733. The maximum Gasteiger partial charge on any atom is 0.330 e. The highest BCUT2D eigenvalue weighted by Gasteiger charge is 2.36. The van der Waals surface area contributed by atoms with E-state index in [9.17, 15) is 9.59 Å². The molecule has 22 heavy (non-hydrogen) atoms. The quantitative estimate of drug-likeness (QED) is 0.643. The van der Waals surface area contributed by atoms with Crippen LogP contribution in [-0.4, -0.2) is 31.1 Å². The molecule has 1 heterocycles. The van der Waals surface area contributed by atoms with Gasteiger partial charge in [0, 0.05) is 11.8 Å². The first-order chi connectivity index (χ1) is 9.95. The van der Waals surface area contributed by atoms with Crippen molar-refractivity contribution in [2.24, 2.45) is 0 Å². The van der Waals surface area contributed by atoms with E-state index >= 15 is 0 Å². The summed E-state index contributed by atoms with van der Waals surface area (Å²) in [4.78, 5) is 25.4. The van der Waals surface area contributed by atoms with Crippen LogP contribution < -0.4 is 11.2 Å². The van der Waals surface area contributed by atoms with Gasteiger partial charge < -0.3 is 9.16 Å². The van der Waals surface area contributed by atoms with E-state index in [2.05, 4.69) is 38.8 Å². The van der Waals surface area contributed by atoms with Crippen LogP contribution in [0.25, 0.3) is 0 Å². The minimum absolute atomic E-state index is 0.158. The Morgan fingerprint density at radius 3 is 2.41 bits per heavy atom. The summed E-state index contributed by atoms with van der Waals surface area (Å²) >= 11 is 0. The lowest BCUT2D eigenvalue weighted by atomic mass is 10.2. The lowest BCUT2D eigenvalue weighted by Gasteiger charge is -2.36. The van der Waals surface area contributed by atoms with Gasteiger partial charge in [0.2, 0.25) is 0 Å². The molecule has 0 radical (unpaired) electrons. The molecular formula is C15H28N2O4Si. The standard InChI is InChI=1S/C15H28N2O4Si/c1-11-10-17(14(19)16-13(11)18)12(2)20-8-9-21-22(6,7)15(3,4)5/h10,12H,8-9H2,1-7H3,(H,16,18,19). The van der Waals surface area contributed by atoms with E-state index in [1.807, 2.05) is 0 Å². The van der Waals surface area contributed by atoms with Gasteiger partial charge in [-0.25, -0.2) is 4.79 Å². The van der Waals surface area contributed by atoms with Crippen LogP contribution in [0.4, 0.5) is 0 Å². The molecule has 0 aliphatic rings. The Balaban J connectivity index is 2.58. The predicted molar refractivity (Wildman–Crippen MR) is 89.9 cm³/mol. The van der Waals surface area contributed by atoms with Crippen LogP contribution in [-0.2, 0) is 9.16 Å². The normalized spacial score (nSPS) is 14.1. The number of hydrogen-bond acceptors (Lipinski definition) is 4. The van der Waals surface area contributed by atoms with Crippen molar-refractivity contribution in [3.05, 3.63) is 32.6 Å². The fourth-order valence-corrected chi connectivity index (χ4v) is 2.70. The zero-order chi connectivity index (χ0) is 17.1. The smallest absolute Gasteiger partial charge is 0.330 e. The number of aromatic nitrogens is 2. The van der Waals surface area contributed by atoms with E-state index in [1.54, 1.807) is 13.8 Å². The molecule has 1 aromatic rings. The Kier molecular flexibility index (Phi) is 5.94. The van der Waals surface area contributed by atoms with E-state index in [4.69, 9.17) is 9.16 Å². The molecule has 0 saturated heterocycles. The number of H-pyrrole nitrogens is 1. The third-order valence-corrected chi connectivity index (χ3v) is 8.79. The third-order valence-electron chi connectivity index (χ3n) is 4.25. The first-order valence-corrected chi connectivity index (χ1v) is 10.4. The predicted octanol–water partition coefficient (Wildman–Crippen LogP) is 2.40. The number of rotatable bonds is 6. The highest BCUT2D eigenvalue weighted by molar-refractivity contribution is 6.74. The molecule has 0 saturated carbocycles. The maximum absolute atomic E-state index is 11.8. The van der Waals surface area contributed by atoms with Crippen molar-refractivity contribution < 1.29 is 9.16 Å². The Labute approximate surface area is 132 Å². The Hall–Kier alpha value is -1.18. The van der Waals surface area contributed by atoms with Crippen molar-refractivity contribution in [2.45, 2.75) is 59.0 Å². The molecular weight excluding hydrogens is 300 g/mol. The van der Waals surface area contributed by atoms with Gasteiger partial charge >= 0.3 is 5.69 Å². The van der Waals surface area contributed by atoms with Gasteiger partial charge in [-0.3, -0.25) is 14.3 Å². The Bertz CT molecular complexity index is 613. The van der Waals surface area contributed by atoms with E-state index in [-0.39, 0.29) is 10.6 Å². The average molecular weight is 328 g/mol. The highest BCUT2D eigenvalue weighted by atomic mass is 28.4. The summed E-state index contributed by atoms with van der Waals surface area (Å²) < 4.78 is 13.0. The van der Waals surface area contributed by atoms with Crippen LogP contribution in [0.5, 0.6) is 0 Å². The zero-order valence-electron chi connectivity index (χ0n) is 14.6. The maximum atomic E-state index is 11.8. The van der Waals surface area contributed by atoms with Crippen LogP contribution in [0.1, 0.15) is 39.5 Å². The summed E-state index contributed by atoms with van der Waals surface area (Å²) in [7, 11) is -1.78. The number of nitrogens with one attached hydrogen (secondary N) is 1. The van der Waals surface area contributed by atoms with Gasteiger partial charge in [-0.15, -0.1) is 0 Å². The van der Waals surface area contributed by atoms with Crippen LogP contribution in [0.15, 0.2) is 15.8 Å². The molecule has 1 aromatic heterocycles. The SMILES string of the molecule is Cc1cn(C(C)OCCO[Si](C)(C)C(C)(C)C)c(=O)[nH]c1=O. The van der Waals surface area contributed by atoms with Gasteiger partial charge in [-0.2, -0.15) is 0 Å². The van der Waals surface area contributed by atoms with Gasteiger partial charge in [-0.1, -0.05) is 20.8 Å². The van der Waals surface area contributed by atoms with Crippen molar-refractivity contribution in [3.63, 3.8) is 0 Å². The minimum Gasteiger partial charge on any atom is -0.414 e. The fourth-order valence-electron chi connectivity index (χ4n) is 1.67. The van der Waals surface area contributed by atoms with Crippen molar-refractivity contribution >= 4 is 8.32 Å². The van der Waals surface area contributed by atoms with Crippen molar-refractivity contribution in [1.82, 2.24) is 9.55 Å². The van der Waals surface area contributed by atoms with E-state index < -0.39 is 20.2 Å². The van der Waals surface area contributed by atoms with Crippen LogP contribution in [0.2, 0.25) is 18.1 Å². The van der Waals surface area contributed by atoms with Crippen LogP contribution in [0, 0.1) is 6.92 Å². The molecule has 1 rings (SSSR count). The number of aromatic amines is 1. The highest BCUT2D eigenvalue weighted by Crippen LogP contribution is 2.36. The molecule has 1 unspecified atom stereocenters. The topological polar surface area (TPSA) is 73.3 Å². The molecule has 1 N–H and O–H groups in total. The molecule has 0 bridgehead atoms. The first kappa shape index (κ1) is 18.9. The molecule has 126 valence electrons. The molecule has 0 aliphatic carbocycles. The number of ether oxygens (including phenoxy) is 1. The number of nitrogens with zero attached hydrogens (tertiary/aromatic N) is 1. The lowest BCUT2D eigenvalue weighted by Crippen LogP contribution is -2.41. The number of aryl methyl sites for hydroxylation is 1. The third kappa shape index (κ3) is 4.66. The van der Waals surface area contributed by atoms with Crippen molar-refractivity contribution in [2.75, 3.05) is 13.2 Å². The van der Waals surface area contributed by atoms with E-state index in [0.717, 1.165) is 0 Å². The summed E-state index contributed by atoms with van der Waals surface area (Å²) in [6.45, 7) is 15.3. The minimum atomic E-state index is -1.78. The molecule has 1 atom stereocenters. The number of hydrogen-bond donors (Lipinski definition) is 1. The van der Waals surface area contributed by atoms with Crippen LogP contribution >= 0.6 is 0 Å².